The summed E-state index contributed by atoms with van der Waals surface area (Å²) in [6.07, 6.45) is 2.01. The zero-order valence-corrected chi connectivity index (χ0v) is 19.3. The van der Waals surface area contributed by atoms with Crippen molar-refractivity contribution >= 4 is 50.6 Å². The van der Waals surface area contributed by atoms with E-state index in [0.717, 1.165) is 42.8 Å². The number of amides is 1. The summed E-state index contributed by atoms with van der Waals surface area (Å²) in [6.45, 7) is 2.77. The molecule has 0 spiro atoms. The Morgan fingerprint density at radius 1 is 1.06 bits per heavy atom. The zero-order chi connectivity index (χ0) is 21.8. The number of hydrazone groups is 1. The molecule has 0 fully saturated rings. The summed E-state index contributed by atoms with van der Waals surface area (Å²) in [7, 11) is 0. The first kappa shape index (κ1) is 21.3. The molecule has 0 saturated carbocycles. The molecular weight excluding hydrogens is 474 g/mol. The van der Waals surface area contributed by atoms with Crippen LogP contribution in [0.1, 0.15) is 22.4 Å². The SMILES string of the molecule is Cc1c(/C=N\NC(=O)Cc2ccc(Br)cc2)c2ccccc2n1Cc1cccc(Cl)c1. The monoisotopic (exact) mass is 493 g/mol. The predicted octanol–water partition coefficient (Wildman–Crippen LogP) is 6.11. The molecule has 31 heavy (non-hydrogen) atoms. The van der Waals surface area contributed by atoms with Gasteiger partial charge >= 0.3 is 0 Å². The van der Waals surface area contributed by atoms with Crippen LogP contribution in [-0.4, -0.2) is 16.7 Å². The van der Waals surface area contributed by atoms with Crippen LogP contribution in [0.4, 0.5) is 0 Å². The number of para-hydroxylation sites is 1. The molecule has 4 rings (SSSR count). The number of rotatable bonds is 6. The molecule has 0 unspecified atom stereocenters. The van der Waals surface area contributed by atoms with E-state index >= 15 is 0 Å². The number of carbonyl (C=O) groups excluding carboxylic acids is 1. The number of carbonyl (C=O) groups is 1. The Morgan fingerprint density at radius 3 is 2.61 bits per heavy atom. The van der Waals surface area contributed by atoms with Gasteiger partial charge in [0.25, 0.3) is 0 Å². The quantitative estimate of drug-likeness (QED) is 0.255. The summed E-state index contributed by atoms with van der Waals surface area (Å²) in [5.41, 5.74) is 7.88. The van der Waals surface area contributed by atoms with Crippen LogP contribution in [0.25, 0.3) is 10.9 Å². The summed E-state index contributed by atoms with van der Waals surface area (Å²) >= 11 is 9.56. The number of fused-ring (bicyclic) bond motifs is 1. The third kappa shape index (κ3) is 5.06. The molecule has 156 valence electrons. The van der Waals surface area contributed by atoms with Crippen LogP contribution >= 0.6 is 27.5 Å². The number of hydrogen-bond acceptors (Lipinski definition) is 2. The van der Waals surface area contributed by atoms with Crippen LogP contribution < -0.4 is 5.43 Å². The lowest BCUT2D eigenvalue weighted by Crippen LogP contribution is -2.19. The third-order valence-electron chi connectivity index (χ3n) is 5.17. The van der Waals surface area contributed by atoms with Crippen molar-refractivity contribution in [2.24, 2.45) is 5.10 Å². The van der Waals surface area contributed by atoms with Crippen LogP contribution in [0.2, 0.25) is 5.02 Å². The second kappa shape index (κ2) is 9.50. The van der Waals surface area contributed by atoms with Crippen LogP contribution in [0.5, 0.6) is 0 Å². The highest BCUT2D eigenvalue weighted by Gasteiger charge is 2.13. The summed E-state index contributed by atoms with van der Waals surface area (Å²) in [4.78, 5) is 12.3. The molecule has 0 saturated heterocycles. The lowest BCUT2D eigenvalue weighted by atomic mass is 10.1. The molecule has 1 N–H and O–H groups in total. The number of halogens is 2. The number of nitrogens with one attached hydrogen (secondary N) is 1. The van der Waals surface area contributed by atoms with Crippen LogP contribution in [-0.2, 0) is 17.8 Å². The fourth-order valence-corrected chi connectivity index (χ4v) is 4.12. The molecule has 3 aromatic carbocycles. The molecule has 0 atom stereocenters. The summed E-state index contributed by atoms with van der Waals surface area (Å²) in [5, 5.41) is 6.05. The van der Waals surface area contributed by atoms with E-state index in [1.807, 2.05) is 54.6 Å². The van der Waals surface area contributed by atoms with Gasteiger partial charge in [0.05, 0.1) is 12.6 Å². The molecule has 0 aliphatic carbocycles. The Morgan fingerprint density at radius 2 is 1.84 bits per heavy atom. The van der Waals surface area contributed by atoms with E-state index in [0.29, 0.717) is 6.54 Å². The average Bonchev–Trinajstić information content (AvgIpc) is 3.01. The van der Waals surface area contributed by atoms with Gasteiger partial charge in [0, 0.05) is 38.2 Å². The van der Waals surface area contributed by atoms with E-state index in [2.05, 4.69) is 56.1 Å². The van der Waals surface area contributed by atoms with E-state index in [4.69, 9.17) is 11.6 Å². The molecule has 1 aromatic heterocycles. The first-order valence-electron chi connectivity index (χ1n) is 9.90. The van der Waals surface area contributed by atoms with E-state index in [9.17, 15) is 4.79 Å². The number of hydrogen-bond donors (Lipinski definition) is 1. The molecule has 0 bridgehead atoms. The molecule has 4 nitrogen and oxygen atoms in total. The minimum absolute atomic E-state index is 0.154. The molecule has 0 radical (unpaired) electrons. The third-order valence-corrected chi connectivity index (χ3v) is 5.93. The van der Waals surface area contributed by atoms with Gasteiger partial charge < -0.3 is 4.57 Å². The minimum atomic E-state index is -0.154. The van der Waals surface area contributed by atoms with Gasteiger partial charge in [-0.05, 0) is 48.4 Å². The number of aromatic nitrogens is 1. The van der Waals surface area contributed by atoms with Crippen molar-refractivity contribution in [2.75, 3.05) is 0 Å². The van der Waals surface area contributed by atoms with Crippen molar-refractivity contribution in [3.8, 4) is 0 Å². The van der Waals surface area contributed by atoms with Gasteiger partial charge in [0.15, 0.2) is 0 Å². The van der Waals surface area contributed by atoms with Gasteiger partial charge in [0.2, 0.25) is 5.91 Å². The van der Waals surface area contributed by atoms with E-state index in [1.165, 1.54) is 0 Å². The second-order valence-electron chi connectivity index (χ2n) is 7.33. The van der Waals surface area contributed by atoms with Crippen molar-refractivity contribution in [1.82, 2.24) is 9.99 Å². The maximum absolute atomic E-state index is 12.3. The molecule has 4 aromatic rings. The summed E-state index contributed by atoms with van der Waals surface area (Å²) < 4.78 is 3.23. The lowest BCUT2D eigenvalue weighted by molar-refractivity contribution is -0.120. The standard InChI is InChI=1S/C25H21BrClN3O/c1-17-23(15-28-29-25(31)14-18-9-11-20(26)12-10-18)22-7-2-3-8-24(22)30(17)16-19-5-4-6-21(27)13-19/h2-13,15H,14,16H2,1H3,(H,29,31)/b28-15-. The maximum Gasteiger partial charge on any atom is 0.244 e. The smallest absolute Gasteiger partial charge is 0.244 e. The van der Waals surface area contributed by atoms with Crippen molar-refractivity contribution in [2.45, 2.75) is 19.9 Å². The topological polar surface area (TPSA) is 46.4 Å². The predicted molar refractivity (Wildman–Crippen MR) is 131 cm³/mol. The Labute approximate surface area is 194 Å². The molecule has 0 aliphatic rings. The Balaban J connectivity index is 1.55. The number of nitrogens with zero attached hydrogens (tertiary/aromatic N) is 2. The lowest BCUT2D eigenvalue weighted by Gasteiger charge is -2.09. The summed E-state index contributed by atoms with van der Waals surface area (Å²) in [6, 6.07) is 23.8. The highest BCUT2D eigenvalue weighted by molar-refractivity contribution is 9.10. The van der Waals surface area contributed by atoms with Crippen LogP contribution in [0.3, 0.4) is 0 Å². The van der Waals surface area contributed by atoms with Crippen LogP contribution in [0.15, 0.2) is 82.4 Å². The first-order valence-corrected chi connectivity index (χ1v) is 11.1. The van der Waals surface area contributed by atoms with Crippen molar-refractivity contribution in [1.29, 1.82) is 0 Å². The highest BCUT2D eigenvalue weighted by Crippen LogP contribution is 2.26. The normalized spacial score (nSPS) is 11.3. The summed E-state index contributed by atoms with van der Waals surface area (Å²) in [5.74, 6) is -0.154. The van der Waals surface area contributed by atoms with Gasteiger partial charge in [-0.2, -0.15) is 5.10 Å². The molecule has 1 heterocycles. The van der Waals surface area contributed by atoms with Gasteiger partial charge in [-0.15, -0.1) is 0 Å². The highest BCUT2D eigenvalue weighted by atomic mass is 79.9. The maximum atomic E-state index is 12.3. The van der Waals surface area contributed by atoms with Gasteiger partial charge in [-0.25, -0.2) is 5.43 Å². The van der Waals surface area contributed by atoms with Crippen molar-refractivity contribution < 1.29 is 4.79 Å². The fraction of sp³-hybridized carbons (Fsp3) is 0.120. The van der Waals surface area contributed by atoms with E-state index in [-0.39, 0.29) is 12.3 Å². The largest absolute Gasteiger partial charge is 0.340 e. The minimum Gasteiger partial charge on any atom is -0.340 e. The Bertz CT molecular complexity index is 1260. The molecule has 6 heteroatoms. The van der Waals surface area contributed by atoms with Crippen molar-refractivity contribution in [3.63, 3.8) is 0 Å². The van der Waals surface area contributed by atoms with Crippen molar-refractivity contribution in [3.05, 3.63) is 105 Å². The average molecular weight is 495 g/mol. The van der Waals surface area contributed by atoms with E-state index in [1.54, 1.807) is 6.21 Å². The Kier molecular flexibility index (Phi) is 6.54. The van der Waals surface area contributed by atoms with E-state index < -0.39 is 0 Å². The molecule has 1 amide bonds. The van der Waals surface area contributed by atoms with Gasteiger partial charge in [-0.3, -0.25) is 4.79 Å². The molecule has 0 aliphatic heterocycles. The van der Waals surface area contributed by atoms with Gasteiger partial charge in [0.1, 0.15) is 0 Å². The fourth-order valence-electron chi connectivity index (χ4n) is 3.64. The number of benzene rings is 3. The molecular formula is C25H21BrClN3O. The zero-order valence-electron chi connectivity index (χ0n) is 17.0. The van der Waals surface area contributed by atoms with Gasteiger partial charge in [-0.1, -0.05) is 70.0 Å². The van der Waals surface area contributed by atoms with Crippen LogP contribution in [0, 0.1) is 6.92 Å². The Hall–Kier alpha value is -2.89. The first-order chi connectivity index (χ1) is 15.0. The second-order valence-corrected chi connectivity index (χ2v) is 8.68.